The SMILES string of the molecule is CCCc1nc(NC)cc(Sc2nncn2C)n1. The van der Waals surface area contributed by atoms with Crippen LogP contribution in [0.15, 0.2) is 22.6 Å². The van der Waals surface area contributed by atoms with Crippen molar-refractivity contribution in [1.29, 1.82) is 0 Å². The summed E-state index contributed by atoms with van der Waals surface area (Å²) in [4.78, 5) is 8.93. The molecule has 2 aromatic heterocycles. The summed E-state index contributed by atoms with van der Waals surface area (Å²) >= 11 is 1.49. The van der Waals surface area contributed by atoms with Crippen LogP contribution in [0.3, 0.4) is 0 Å². The first-order chi connectivity index (χ1) is 8.72. The van der Waals surface area contributed by atoms with Crippen molar-refractivity contribution in [1.82, 2.24) is 24.7 Å². The average molecular weight is 264 g/mol. The van der Waals surface area contributed by atoms with Crippen molar-refractivity contribution in [3.05, 3.63) is 18.2 Å². The Morgan fingerprint density at radius 2 is 2.22 bits per heavy atom. The average Bonchev–Trinajstić information content (AvgIpc) is 2.75. The third kappa shape index (κ3) is 2.98. The Kier molecular flexibility index (Phi) is 4.14. The van der Waals surface area contributed by atoms with Gasteiger partial charge in [-0.15, -0.1) is 10.2 Å². The Morgan fingerprint density at radius 1 is 1.39 bits per heavy atom. The van der Waals surface area contributed by atoms with Gasteiger partial charge in [0.2, 0.25) is 0 Å². The van der Waals surface area contributed by atoms with Crippen LogP contribution in [-0.4, -0.2) is 31.8 Å². The van der Waals surface area contributed by atoms with E-state index in [9.17, 15) is 0 Å². The largest absolute Gasteiger partial charge is 0.373 e. The van der Waals surface area contributed by atoms with E-state index >= 15 is 0 Å². The van der Waals surface area contributed by atoms with E-state index in [1.54, 1.807) is 6.33 Å². The molecule has 0 fully saturated rings. The van der Waals surface area contributed by atoms with Gasteiger partial charge < -0.3 is 9.88 Å². The van der Waals surface area contributed by atoms with Crippen molar-refractivity contribution in [3.8, 4) is 0 Å². The van der Waals surface area contributed by atoms with Gasteiger partial charge in [0.25, 0.3) is 0 Å². The van der Waals surface area contributed by atoms with Crippen LogP contribution >= 0.6 is 11.8 Å². The molecule has 18 heavy (non-hydrogen) atoms. The van der Waals surface area contributed by atoms with Gasteiger partial charge in [0.1, 0.15) is 23.0 Å². The van der Waals surface area contributed by atoms with Crippen LogP contribution in [0.1, 0.15) is 19.2 Å². The number of hydrogen-bond donors (Lipinski definition) is 1. The van der Waals surface area contributed by atoms with Crippen LogP contribution in [0.2, 0.25) is 0 Å². The third-order valence-electron chi connectivity index (χ3n) is 2.34. The summed E-state index contributed by atoms with van der Waals surface area (Å²) in [7, 11) is 3.77. The van der Waals surface area contributed by atoms with Gasteiger partial charge in [-0.1, -0.05) is 6.92 Å². The lowest BCUT2D eigenvalue weighted by Crippen LogP contribution is -2.01. The molecule has 2 heterocycles. The molecule has 0 amide bonds. The molecule has 2 rings (SSSR count). The highest BCUT2D eigenvalue weighted by atomic mass is 32.2. The van der Waals surface area contributed by atoms with Crippen LogP contribution in [0.5, 0.6) is 0 Å². The quantitative estimate of drug-likeness (QED) is 0.830. The first kappa shape index (κ1) is 12.8. The van der Waals surface area contributed by atoms with Crippen LogP contribution < -0.4 is 5.32 Å². The van der Waals surface area contributed by atoms with Crippen molar-refractivity contribution in [2.24, 2.45) is 7.05 Å². The van der Waals surface area contributed by atoms with E-state index in [-0.39, 0.29) is 0 Å². The second-order valence-corrected chi connectivity index (χ2v) is 4.82. The summed E-state index contributed by atoms with van der Waals surface area (Å²) in [5, 5.41) is 12.6. The fourth-order valence-corrected chi connectivity index (χ4v) is 2.23. The van der Waals surface area contributed by atoms with Gasteiger partial charge in [-0.2, -0.15) is 0 Å². The minimum atomic E-state index is 0.818. The van der Waals surface area contributed by atoms with Crippen LogP contribution in [0.4, 0.5) is 5.82 Å². The van der Waals surface area contributed by atoms with E-state index in [1.807, 2.05) is 24.7 Å². The van der Waals surface area contributed by atoms with Crippen molar-refractivity contribution < 1.29 is 0 Å². The third-order valence-corrected chi connectivity index (χ3v) is 3.31. The number of rotatable bonds is 5. The Bertz CT molecular complexity index is 524. The zero-order chi connectivity index (χ0) is 13.0. The van der Waals surface area contributed by atoms with Crippen molar-refractivity contribution in [3.63, 3.8) is 0 Å². The number of nitrogens with zero attached hydrogens (tertiary/aromatic N) is 5. The molecule has 0 saturated carbocycles. The van der Waals surface area contributed by atoms with Gasteiger partial charge >= 0.3 is 0 Å². The summed E-state index contributed by atoms with van der Waals surface area (Å²) in [6.07, 6.45) is 3.58. The molecular weight excluding hydrogens is 248 g/mol. The summed E-state index contributed by atoms with van der Waals surface area (Å²) in [5.74, 6) is 1.69. The molecule has 0 aliphatic rings. The van der Waals surface area contributed by atoms with Crippen molar-refractivity contribution in [2.75, 3.05) is 12.4 Å². The fraction of sp³-hybridized carbons (Fsp3) is 0.455. The van der Waals surface area contributed by atoms with Gasteiger partial charge in [0.05, 0.1) is 0 Å². The molecule has 0 atom stereocenters. The summed E-state index contributed by atoms with van der Waals surface area (Å²) in [5.41, 5.74) is 0. The minimum Gasteiger partial charge on any atom is -0.373 e. The molecule has 1 N–H and O–H groups in total. The summed E-state index contributed by atoms with van der Waals surface area (Å²) in [6, 6.07) is 1.92. The highest BCUT2D eigenvalue weighted by Crippen LogP contribution is 2.25. The van der Waals surface area contributed by atoms with E-state index in [0.717, 1.165) is 34.7 Å². The molecule has 96 valence electrons. The van der Waals surface area contributed by atoms with Gasteiger partial charge in [-0.3, -0.25) is 0 Å². The Morgan fingerprint density at radius 3 is 2.83 bits per heavy atom. The van der Waals surface area contributed by atoms with E-state index in [0.29, 0.717) is 0 Å². The lowest BCUT2D eigenvalue weighted by molar-refractivity contribution is 0.781. The zero-order valence-electron chi connectivity index (χ0n) is 10.7. The highest BCUT2D eigenvalue weighted by molar-refractivity contribution is 7.99. The summed E-state index contributed by atoms with van der Waals surface area (Å²) in [6.45, 7) is 2.12. The molecule has 0 saturated heterocycles. The van der Waals surface area contributed by atoms with Crippen LogP contribution in [-0.2, 0) is 13.5 Å². The Balaban J connectivity index is 2.26. The number of aryl methyl sites for hydroxylation is 2. The number of anilines is 1. The van der Waals surface area contributed by atoms with Crippen LogP contribution in [0, 0.1) is 0 Å². The van der Waals surface area contributed by atoms with Gasteiger partial charge in [0.15, 0.2) is 5.16 Å². The van der Waals surface area contributed by atoms with Crippen molar-refractivity contribution in [2.45, 2.75) is 29.9 Å². The topological polar surface area (TPSA) is 68.5 Å². The summed E-state index contributed by atoms with van der Waals surface area (Å²) < 4.78 is 1.87. The van der Waals surface area contributed by atoms with Gasteiger partial charge in [-0.25, -0.2) is 9.97 Å². The predicted octanol–water partition coefficient (Wildman–Crippen LogP) is 1.75. The minimum absolute atomic E-state index is 0.818. The lowest BCUT2D eigenvalue weighted by atomic mass is 10.3. The second-order valence-electron chi connectivity index (χ2n) is 3.83. The second kappa shape index (κ2) is 5.81. The molecule has 0 spiro atoms. The molecule has 2 aromatic rings. The molecule has 0 bridgehead atoms. The molecule has 0 radical (unpaired) electrons. The lowest BCUT2D eigenvalue weighted by Gasteiger charge is -2.06. The fourth-order valence-electron chi connectivity index (χ4n) is 1.45. The van der Waals surface area contributed by atoms with Gasteiger partial charge in [0, 0.05) is 26.6 Å². The van der Waals surface area contributed by atoms with E-state index in [2.05, 4.69) is 32.4 Å². The highest BCUT2D eigenvalue weighted by Gasteiger charge is 2.08. The molecule has 0 unspecified atom stereocenters. The Hall–Kier alpha value is -1.63. The molecule has 6 nitrogen and oxygen atoms in total. The number of aromatic nitrogens is 5. The van der Waals surface area contributed by atoms with Gasteiger partial charge in [-0.05, 0) is 18.2 Å². The molecule has 0 aliphatic carbocycles. The first-order valence-electron chi connectivity index (χ1n) is 5.80. The van der Waals surface area contributed by atoms with Crippen molar-refractivity contribution >= 4 is 17.6 Å². The molecular formula is C11H16N6S. The van der Waals surface area contributed by atoms with E-state index in [4.69, 9.17) is 0 Å². The standard InChI is InChI=1S/C11H16N6S/c1-4-5-8-14-9(12-2)6-10(15-8)18-11-16-13-7-17(11)3/h6-7H,4-5H2,1-3H3,(H,12,14,15). The van der Waals surface area contributed by atoms with E-state index in [1.165, 1.54) is 11.8 Å². The number of nitrogens with one attached hydrogen (secondary N) is 1. The first-order valence-corrected chi connectivity index (χ1v) is 6.62. The normalized spacial score (nSPS) is 10.6. The maximum atomic E-state index is 4.52. The Labute approximate surface area is 110 Å². The number of hydrogen-bond acceptors (Lipinski definition) is 6. The maximum absolute atomic E-state index is 4.52. The predicted molar refractivity (Wildman–Crippen MR) is 70.7 cm³/mol. The molecule has 0 aromatic carbocycles. The smallest absolute Gasteiger partial charge is 0.197 e. The van der Waals surface area contributed by atoms with Crippen LogP contribution in [0.25, 0.3) is 0 Å². The maximum Gasteiger partial charge on any atom is 0.197 e. The monoisotopic (exact) mass is 264 g/mol. The molecule has 7 heteroatoms. The zero-order valence-corrected chi connectivity index (χ0v) is 11.5. The van der Waals surface area contributed by atoms with E-state index < -0.39 is 0 Å². The molecule has 0 aliphatic heterocycles.